The van der Waals surface area contributed by atoms with Crippen molar-refractivity contribution in [3.63, 3.8) is 0 Å². The Balaban J connectivity index is 0.000000138. The van der Waals surface area contributed by atoms with Gasteiger partial charge in [-0.2, -0.15) is 0 Å². The first-order valence-electron chi connectivity index (χ1n) is 10.1. The van der Waals surface area contributed by atoms with E-state index in [9.17, 15) is 4.79 Å². The smallest absolute Gasteiger partial charge is 0.303 e. The third-order valence-corrected chi connectivity index (χ3v) is 5.30. The molecule has 0 aliphatic carbocycles. The molecular weight excluding hydrogens is 388 g/mol. The van der Waals surface area contributed by atoms with E-state index in [1.807, 2.05) is 54.6 Å². The second-order valence-corrected chi connectivity index (χ2v) is 7.34. The van der Waals surface area contributed by atoms with E-state index in [0.717, 1.165) is 33.5 Å². The third-order valence-electron chi connectivity index (χ3n) is 5.30. The summed E-state index contributed by atoms with van der Waals surface area (Å²) in [6, 6.07) is 24.4. The van der Waals surface area contributed by atoms with Crippen molar-refractivity contribution in [2.75, 3.05) is 10.6 Å². The summed E-state index contributed by atoms with van der Waals surface area (Å²) in [4.78, 5) is 19.3. The van der Waals surface area contributed by atoms with Crippen LogP contribution in [-0.4, -0.2) is 23.2 Å². The summed E-state index contributed by atoms with van der Waals surface area (Å²) in [5.41, 5.74) is 4.09. The number of hydrogen-bond acceptors (Lipinski definition) is 5. The molecule has 0 saturated heterocycles. The van der Waals surface area contributed by atoms with E-state index in [4.69, 9.17) is 5.11 Å². The van der Waals surface area contributed by atoms with Crippen LogP contribution in [0.5, 0.6) is 0 Å². The predicted molar refractivity (Wildman–Crippen MR) is 127 cm³/mol. The van der Waals surface area contributed by atoms with Gasteiger partial charge in [-0.1, -0.05) is 48.5 Å². The van der Waals surface area contributed by atoms with Gasteiger partial charge < -0.3 is 15.7 Å². The van der Waals surface area contributed by atoms with Gasteiger partial charge in [0.1, 0.15) is 5.84 Å². The van der Waals surface area contributed by atoms with E-state index in [1.165, 1.54) is 10.8 Å². The van der Waals surface area contributed by atoms with Crippen LogP contribution in [0.2, 0.25) is 0 Å². The lowest BCUT2D eigenvalue weighted by atomic mass is 10.0. The summed E-state index contributed by atoms with van der Waals surface area (Å²) in [7, 11) is 0. The quantitative estimate of drug-likeness (QED) is 0.383. The molecule has 31 heavy (non-hydrogen) atoms. The standard InChI is InChI=1S/C14H12N2O2.C11H8N2/c17-13(18)8-7-12-15-10-5-1-3-9-4-2-6-11(16-12)14(9)10;1-3-8-4-2-6-10-11(8)9(5-1)12-7-13-10/h1-6H,7-8H2,(H,15,16)(H,17,18);1-7H,(H,12,13). The minimum absolute atomic E-state index is 0.0873. The van der Waals surface area contributed by atoms with Gasteiger partial charge in [-0.3, -0.25) is 4.79 Å². The summed E-state index contributed by atoms with van der Waals surface area (Å²) < 4.78 is 0. The van der Waals surface area contributed by atoms with Crippen molar-refractivity contribution < 1.29 is 9.90 Å². The summed E-state index contributed by atoms with van der Waals surface area (Å²) in [6.07, 6.45) is 2.24. The first kappa shape index (κ1) is 18.8. The number of carboxylic acid groups (broad SMARTS) is 1. The molecule has 4 aromatic rings. The van der Waals surface area contributed by atoms with Crippen LogP contribution in [0.3, 0.4) is 0 Å². The van der Waals surface area contributed by atoms with Gasteiger partial charge in [-0.05, 0) is 35.0 Å². The number of nitrogens with zero attached hydrogens (tertiary/aromatic N) is 2. The van der Waals surface area contributed by atoms with Crippen LogP contribution in [0.15, 0.2) is 82.8 Å². The number of amidine groups is 1. The first-order chi connectivity index (χ1) is 15.2. The van der Waals surface area contributed by atoms with E-state index in [0.29, 0.717) is 12.3 Å². The Morgan fingerprint density at radius 3 is 2.13 bits per heavy atom. The topological polar surface area (TPSA) is 86.1 Å². The lowest BCUT2D eigenvalue weighted by molar-refractivity contribution is -0.136. The number of aliphatic carboxylic acids is 1. The average Bonchev–Trinajstić information content (AvgIpc) is 2.79. The Morgan fingerprint density at radius 1 is 0.806 bits per heavy atom. The summed E-state index contributed by atoms with van der Waals surface area (Å²) in [6.45, 7) is 0. The molecule has 0 bridgehead atoms. The molecule has 0 radical (unpaired) electrons. The molecule has 0 amide bonds. The second kappa shape index (κ2) is 7.91. The van der Waals surface area contributed by atoms with Crippen molar-refractivity contribution in [2.45, 2.75) is 12.8 Å². The number of rotatable bonds is 3. The van der Waals surface area contributed by atoms with Crippen LogP contribution in [0.25, 0.3) is 21.5 Å². The molecule has 4 aromatic carbocycles. The van der Waals surface area contributed by atoms with Crippen molar-refractivity contribution in [1.29, 1.82) is 0 Å². The lowest BCUT2D eigenvalue weighted by Crippen LogP contribution is -2.16. The van der Waals surface area contributed by atoms with Gasteiger partial charge in [0.15, 0.2) is 0 Å². The zero-order valence-electron chi connectivity index (χ0n) is 16.7. The molecule has 152 valence electrons. The van der Waals surface area contributed by atoms with Gasteiger partial charge in [0.25, 0.3) is 0 Å². The third kappa shape index (κ3) is 3.71. The molecule has 0 aromatic heterocycles. The van der Waals surface area contributed by atoms with Gasteiger partial charge in [-0.25, -0.2) is 9.98 Å². The molecule has 6 heteroatoms. The highest BCUT2D eigenvalue weighted by Crippen LogP contribution is 2.36. The fourth-order valence-electron chi connectivity index (χ4n) is 3.91. The molecule has 0 fully saturated rings. The molecular formula is C25H20N4O2. The van der Waals surface area contributed by atoms with E-state index in [-0.39, 0.29) is 6.42 Å². The molecule has 0 unspecified atom stereocenters. The molecule has 0 spiro atoms. The Kier molecular flexibility index (Phi) is 4.80. The van der Waals surface area contributed by atoms with Crippen molar-refractivity contribution in [3.05, 3.63) is 72.8 Å². The van der Waals surface area contributed by atoms with Gasteiger partial charge in [-0.15, -0.1) is 0 Å². The average molecular weight is 408 g/mol. The van der Waals surface area contributed by atoms with Crippen LogP contribution in [0, 0.1) is 0 Å². The summed E-state index contributed by atoms with van der Waals surface area (Å²) in [5.74, 6) is -0.0971. The highest BCUT2D eigenvalue weighted by atomic mass is 16.4. The highest BCUT2D eigenvalue weighted by molar-refractivity contribution is 6.13. The van der Waals surface area contributed by atoms with E-state index >= 15 is 0 Å². The number of aliphatic imine (C=N–C) groups is 2. The number of carbonyl (C=O) groups is 1. The van der Waals surface area contributed by atoms with Crippen LogP contribution in [-0.2, 0) is 4.79 Å². The monoisotopic (exact) mass is 408 g/mol. The number of hydrogen-bond donors (Lipinski definition) is 3. The number of benzene rings is 4. The normalized spacial score (nSPS) is 13.0. The molecule has 0 atom stereocenters. The predicted octanol–water partition coefficient (Wildman–Crippen LogP) is 6.09. The minimum Gasteiger partial charge on any atom is -0.481 e. The first-order valence-corrected chi connectivity index (χ1v) is 10.1. The number of carboxylic acids is 1. The van der Waals surface area contributed by atoms with Crippen LogP contribution in [0.4, 0.5) is 22.7 Å². The Morgan fingerprint density at radius 2 is 1.42 bits per heavy atom. The van der Waals surface area contributed by atoms with Crippen molar-refractivity contribution in [3.8, 4) is 0 Å². The summed E-state index contributed by atoms with van der Waals surface area (Å²) in [5, 5.41) is 19.7. The molecule has 2 aliphatic rings. The fraction of sp³-hybridized carbons (Fsp3) is 0.0800. The maximum atomic E-state index is 10.6. The van der Waals surface area contributed by atoms with Crippen LogP contribution < -0.4 is 10.6 Å². The van der Waals surface area contributed by atoms with Gasteiger partial charge >= 0.3 is 5.97 Å². The Labute approximate surface area is 179 Å². The lowest BCUT2D eigenvalue weighted by Gasteiger charge is -2.18. The molecule has 2 heterocycles. The van der Waals surface area contributed by atoms with Crippen molar-refractivity contribution in [2.24, 2.45) is 9.98 Å². The number of anilines is 2. The SMILES string of the molecule is C1=Nc2cccc3cccc(c23)N1.O=C(O)CCC1=Nc2cccc3cccc(c23)N1. The van der Waals surface area contributed by atoms with E-state index < -0.39 is 5.97 Å². The molecule has 3 N–H and O–H groups in total. The van der Waals surface area contributed by atoms with Crippen molar-refractivity contribution in [1.82, 2.24) is 0 Å². The zero-order chi connectivity index (χ0) is 21.2. The molecule has 6 rings (SSSR count). The van der Waals surface area contributed by atoms with Gasteiger partial charge in [0, 0.05) is 28.6 Å². The van der Waals surface area contributed by atoms with Crippen LogP contribution in [0.1, 0.15) is 12.8 Å². The number of nitrogens with one attached hydrogen (secondary N) is 2. The van der Waals surface area contributed by atoms with Gasteiger partial charge in [0.05, 0.1) is 24.1 Å². The highest BCUT2D eigenvalue weighted by Gasteiger charge is 2.14. The fourth-order valence-corrected chi connectivity index (χ4v) is 3.91. The van der Waals surface area contributed by atoms with E-state index in [1.54, 1.807) is 6.34 Å². The minimum atomic E-state index is -0.809. The van der Waals surface area contributed by atoms with Gasteiger partial charge in [0.2, 0.25) is 0 Å². The molecule has 6 nitrogen and oxygen atoms in total. The molecule has 2 aliphatic heterocycles. The Hall–Kier alpha value is -4.19. The largest absolute Gasteiger partial charge is 0.481 e. The van der Waals surface area contributed by atoms with Crippen LogP contribution >= 0.6 is 0 Å². The molecule has 0 saturated carbocycles. The maximum absolute atomic E-state index is 10.6. The Bertz CT molecular complexity index is 1360. The summed E-state index contributed by atoms with van der Waals surface area (Å²) >= 11 is 0. The maximum Gasteiger partial charge on any atom is 0.303 e. The zero-order valence-corrected chi connectivity index (χ0v) is 16.7. The second-order valence-electron chi connectivity index (χ2n) is 7.34. The van der Waals surface area contributed by atoms with Crippen molar-refractivity contribution >= 4 is 62.4 Å². The van der Waals surface area contributed by atoms with E-state index in [2.05, 4.69) is 38.8 Å².